The number of fused-ring (bicyclic) bond motifs is 1. The van der Waals surface area contributed by atoms with Gasteiger partial charge in [0.15, 0.2) is 5.82 Å². The summed E-state index contributed by atoms with van der Waals surface area (Å²) in [5.74, 6) is 0.797. The Bertz CT molecular complexity index is 549. The van der Waals surface area contributed by atoms with Crippen molar-refractivity contribution in [2.45, 2.75) is 13.0 Å². The van der Waals surface area contributed by atoms with Gasteiger partial charge >= 0.3 is 0 Å². The number of hydrogen-bond donors (Lipinski definition) is 2. The first kappa shape index (κ1) is 9.89. The number of carbonyl (C=O) groups excluding carboxylic acids is 1. The summed E-state index contributed by atoms with van der Waals surface area (Å²) >= 11 is 0. The highest BCUT2D eigenvalue weighted by Gasteiger charge is 2.31. The van der Waals surface area contributed by atoms with Gasteiger partial charge in [0.1, 0.15) is 11.7 Å². The van der Waals surface area contributed by atoms with Gasteiger partial charge in [-0.25, -0.2) is 0 Å². The Balaban J connectivity index is 2.13. The van der Waals surface area contributed by atoms with Crippen LogP contribution in [0, 0.1) is 0 Å². The Hall–Kier alpha value is -2.30. The lowest BCUT2D eigenvalue weighted by Crippen LogP contribution is -2.43. The monoisotopic (exact) mass is 228 g/mol. The van der Waals surface area contributed by atoms with Crippen molar-refractivity contribution in [3.63, 3.8) is 0 Å². The molecule has 1 amide bonds. The molecule has 2 N–H and O–H groups in total. The van der Waals surface area contributed by atoms with Crippen LogP contribution in [0.2, 0.25) is 0 Å². The van der Waals surface area contributed by atoms with E-state index in [1.165, 1.54) is 0 Å². The first-order valence-corrected chi connectivity index (χ1v) is 5.46. The average molecular weight is 228 g/mol. The van der Waals surface area contributed by atoms with Crippen LogP contribution in [-0.2, 0) is 4.79 Å². The third kappa shape index (κ3) is 1.47. The van der Waals surface area contributed by atoms with Crippen LogP contribution in [-0.4, -0.2) is 22.1 Å². The Labute approximate surface area is 98.4 Å². The van der Waals surface area contributed by atoms with Crippen LogP contribution in [0.3, 0.4) is 0 Å². The number of para-hydroxylation sites is 1. The number of aromatic nitrogens is 2. The molecule has 5 heteroatoms. The van der Waals surface area contributed by atoms with Crippen LogP contribution in [0.4, 0.5) is 17.2 Å². The maximum atomic E-state index is 11.8. The number of hydrogen-bond acceptors (Lipinski definition) is 3. The van der Waals surface area contributed by atoms with Gasteiger partial charge in [0.25, 0.3) is 0 Å². The lowest BCUT2D eigenvalue weighted by atomic mass is 10.1. The van der Waals surface area contributed by atoms with Crippen molar-refractivity contribution in [1.29, 1.82) is 0 Å². The van der Waals surface area contributed by atoms with Gasteiger partial charge in [0, 0.05) is 5.69 Å². The molecule has 1 aromatic carbocycles. The Morgan fingerprint density at radius 1 is 1.29 bits per heavy atom. The Kier molecular flexibility index (Phi) is 2.11. The number of anilines is 3. The molecule has 3 rings (SSSR count). The van der Waals surface area contributed by atoms with E-state index in [1.807, 2.05) is 42.2 Å². The van der Waals surface area contributed by atoms with Crippen molar-refractivity contribution in [3.05, 3.63) is 36.5 Å². The summed E-state index contributed by atoms with van der Waals surface area (Å²) in [4.78, 5) is 13.8. The first-order valence-electron chi connectivity index (χ1n) is 5.46. The van der Waals surface area contributed by atoms with Crippen LogP contribution < -0.4 is 10.2 Å². The van der Waals surface area contributed by atoms with Crippen molar-refractivity contribution in [2.75, 3.05) is 10.2 Å². The van der Waals surface area contributed by atoms with E-state index in [1.54, 1.807) is 6.20 Å². The van der Waals surface area contributed by atoms with Crippen molar-refractivity contribution >= 4 is 23.1 Å². The quantitative estimate of drug-likeness (QED) is 0.783. The molecule has 1 aliphatic heterocycles. The molecule has 0 fully saturated rings. The molecule has 0 saturated heterocycles. The summed E-state index contributed by atoms with van der Waals surface area (Å²) in [6, 6.07) is 9.53. The summed E-state index contributed by atoms with van der Waals surface area (Å²) in [6.07, 6.45) is 1.62. The van der Waals surface area contributed by atoms with Crippen LogP contribution in [0.1, 0.15) is 6.92 Å². The summed E-state index contributed by atoms with van der Waals surface area (Å²) in [6.45, 7) is 1.87. The second kappa shape index (κ2) is 3.62. The fourth-order valence-corrected chi connectivity index (χ4v) is 2.04. The zero-order valence-corrected chi connectivity index (χ0v) is 9.34. The largest absolute Gasteiger partial charge is 0.320 e. The maximum Gasteiger partial charge on any atom is 0.247 e. The Morgan fingerprint density at radius 2 is 2.06 bits per heavy atom. The van der Waals surface area contributed by atoms with E-state index in [-0.39, 0.29) is 11.9 Å². The lowest BCUT2D eigenvalue weighted by Gasteiger charge is -2.33. The molecule has 1 unspecified atom stereocenters. The number of amides is 1. The van der Waals surface area contributed by atoms with Crippen molar-refractivity contribution in [2.24, 2.45) is 0 Å². The number of nitrogens with one attached hydrogen (secondary N) is 2. The fourth-order valence-electron chi connectivity index (χ4n) is 2.04. The topological polar surface area (TPSA) is 61.0 Å². The third-order valence-corrected chi connectivity index (χ3v) is 2.92. The molecule has 0 saturated carbocycles. The molecule has 0 radical (unpaired) electrons. The van der Waals surface area contributed by atoms with E-state index in [0.29, 0.717) is 0 Å². The molecular weight excluding hydrogens is 216 g/mol. The van der Waals surface area contributed by atoms with Gasteiger partial charge in [-0.2, -0.15) is 5.10 Å². The van der Waals surface area contributed by atoms with E-state index in [2.05, 4.69) is 15.5 Å². The smallest absolute Gasteiger partial charge is 0.247 e. The van der Waals surface area contributed by atoms with Gasteiger partial charge in [0.2, 0.25) is 5.91 Å². The van der Waals surface area contributed by atoms with E-state index < -0.39 is 0 Å². The van der Waals surface area contributed by atoms with Gasteiger partial charge in [-0.05, 0) is 19.1 Å². The highest BCUT2D eigenvalue weighted by atomic mass is 16.2. The molecule has 0 aliphatic carbocycles. The van der Waals surface area contributed by atoms with E-state index in [0.717, 1.165) is 17.2 Å². The fraction of sp³-hybridized carbons (Fsp3) is 0.167. The number of aromatic amines is 1. The first-order chi connectivity index (χ1) is 8.27. The second-order valence-electron chi connectivity index (χ2n) is 4.00. The maximum absolute atomic E-state index is 11.8. The minimum Gasteiger partial charge on any atom is -0.320 e. The van der Waals surface area contributed by atoms with Crippen LogP contribution >= 0.6 is 0 Å². The minimum atomic E-state index is -0.259. The van der Waals surface area contributed by atoms with Crippen molar-refractivity contribution < 1.29 is 4.79 Å². The highest BCUT2D eigenvalue weighted by molar-refractivity contribution is 6.04. The molecule has 1 atom stereocenters. The third-order valence-electron chi connectivity index (χ3n) is 2.92. The van der Waals surface area contributed by atoms with Crippen LogP contribution in [0.15, 0.2) is 36.5 Å². The molecule has 17 heavy (non-hydrogen) atoms. The van der Waals surface area contributed by atoms with E-state index in [9.17, 15) is 4.79 Å². The molecule has 5 nitrogen and oxygen atoms in total. The predicted molar refractivity (Wildman–Crippen MR) is 65.3 cm³/mol. The number of nitrogens with zero attached hydrogens (tertiary/aromatic N) is 2. The number of carbonyl (C=O) groups is 1. The molecular formula is C12H12N4O. The Morgan fingerprint density at radius 3 is 2.82 bits per heavy atom. The standard InChI is InChI=1S/C12H12N4O/c1-8-12(17)14-10-7-13-15-11(10)16(8)9-5-3-2-4-6-9/h2-8H,1H3,(H,13,15)(H,14,17). The summed E-state index contributed by atoms with van der Waals surface area (Å²) in [5, 5.41) is 9.70. The molecule has 2 aromatic rings. The van der Waals surface area contributed by atoms with Gasteiger partial charge in [-0.15, -0.1) is 0 Å². The second-order valence-corrected chi connectivity index (χ2v) is 4.00. The molecule has 1 aromatic heterocycles. The highest BCUT2D eigenvalue weighted by Crippen LogP contribution is 2.35. The molecule has 86 valence electrons. The average Bonchev–Trinajstić information content (AvgIpc) is 2.79. The number of rotatable bonds is 1. The number of H-pyrrole nitrogens is 1. The van der Waals surface area contributed by atoms with E-state index >= 15 is 0 Å². The van der Waals surface area contributed by atoms with Crippen LogP contribution in [0.25, 0.3) is 0 Å². The van der Waals surface area contributed by atoms with Gasteiger partial charge in [-0.1, -0.05) is 18.2 Å². The summed E-state index contributed by atoms with van der Waals surface area (Å²) in [7, 11) is 0. The lowest BCUT2D eigenvalue weighted by molar-refractivity contribution is -0.117. The van der Waals surface area contributed by atoms with Gasteiger partial charge in [0.05, 0.1) is 6.20 Å². The molecule has 0 bridgehead atoms. The SMILES string of the molecule is CC1C(=O)Nc2cn[nH]c2N1c1ccccc1. The van der Waals surface area contributed by atoms with E-state index in [4.69, 9.17) is 0 Å². The zero-order valence-electron chi connectivity index (χ0n) is 9.34. The number of benzene rings is 1. The predicted octanol–water partition coefficient (Wildman–Crippen LogP) is 1.89. The minimum absolute atomic E-state index is 0.0252. The van der Waals surface area contributed by atoms with Gasteiger partial charge < -0.3 is 10.2 Å². The zero-order chi connectivity index (χ0) is 11.8. The van der Waals surface area contributed by atoms with Crippen molar-refractivity contribution in [3.8, 4) is 0 Å². The molecule has 2 heterocycles. The molecule has 1 aliphatic rings. The summed E-state index contributed by atoms with van der Waals surface area (Å²) in [5.41, 5.74) is 1.69. The van der Waals surface area contributed by atoms with Crippen molar-refractivity contribution in [1.82, 2.24) is 10.2 Å². The van der Waals surface area contributed by atoms with Crippen LogP contribution in [0.5, 0.6) is 0 Å². The molecule has 0 spiro atoms. The normalized spacial score (nSPS) is 18.8. The summed E-state index contributed by atoms with van der Waals surface area (Å²) < 4.78 is 0. The van der Waals surface area contributed by atoms with Gasteiger partial charge in [-0.3, -0.25) is 9.89 Å².